The number of nitrogens with zero attached hydrogens (tertiary/aromatic N) is 1. The smallest absolute Gasteiger partial charge is 0.307 e. The molecule has 0 spiro atoms. The van der Waals surface area contributed by atoms with Gasteiger partial charge in [-0.15, -0.1) is 0 Å². The van der Waals surface area contributed by atoms with Crippen molar-refractivity contribution in [3.05, 3.63) is 0 Å². The molecule has 0 amide bonds. The fourth-order valence-corrected chi connectivity index (χ4v) is 2.65. The molecule has 96 valence electrons. The minimum atomic E-state index is -3.31. The first-order chi connectivity index (χ1) is 7.16. The molecule has 0 radical (unpaired) electrons. The van der Waals surface area contributed by atoms with Crippen LogP contribution in [0, 0.1) is 11.8 Å². The summed E-state index contributed by atoms with van der Waals surface area (Å²) in [5.74, 6) is -1.27. The number of aliphatic carboxylic acids is 1. The van der Waals surface area contributed by atoms with Crippen LogP contribution in [0.5, 0.6) is 0 Å². The minimum absolute atomic E-state index is 0.0236. The zero-order valence-electron chi connectivity index (χ0n) is 10.3. The van der Waals surface area contributed by atoms with E-state index in [9.17, 15) is 13.2 Å². The molecule has 0 bridgehead atoms. The molecule has 5 nitrogen and oxygen atoms in total. The largest absolute Gasteiger partial charge is 0.481 e. The Morgan fingerprint density at radius 1 is 1.31 bits per heavy atom. The second-order valence-corrected chi connectivity index (χ2v) is 6.71. The van der Waals surface area contributed by atoms with Gasteiger partial charge in [0.2, 0.25) is 10.0 Å². The third kappa shape index (κ3) is 5.46. The van der Waals surface area contributed by atoms with Gasteiger partial charge in [-0.05, 0) is 12.3 Å². The number of hydrogen-bond donors (Lipinski definition) is 1. The molecule has 0 aromatic carbocycles. The number of sulfonamides is 1. The minimum Gasteiger partial charge on any atom is -0.481 e. The van der Waals surface area contributed by atoms with E-state index in [1.807, 2.05) is 13.8 Å². The molecule has 16 heavy (non-hydrogen) atoms. The molecule has 0 heterocycles. The van der Waals surface area contributed by atoms with Crippen LogP contribution in [0.2, 0.25) is 0 Å². The van der Waals surface area contributed by atoms with E-state index in [1.165, 1.54) is 14.0 Å². The van der Waals surface area contributed by atoms with Crippen LogP contribution >= 0.6 is 0 Å². The standard InChI is InChI=1S/C10H21NO4S/c1-8(2)5-6-16(14,15)11(4)7-9(3)10(12)13/h8-9H,5-7H2,1-4H3,(H,12,13). The molecule has 6 heteroatoms. The molecule has 1 N–H and O–H groups in total. The van der Waals surface area contributed by atoms with E-state index >= 15 is 0 Å². The van der Waals surface area contributed by atoms with E-state index < -0.39 is 21.9 Å². The SMILES string of the molecule is CC(C)CCS(=O)(=O)N(C)CC(C)C(=O)O. The maximum atomic E-state index is 11.7. The van der Waals surface area contributed by atoms with Crippen LogP contribution in [0.25, 0.3) is 0 Å². The van der Waals surface area contributed by atoms with Gasteiger partial charge in [-0.1, -0.05) is 20.8 Å². The van der Waals surface area contributed by atoms with Crippen molar-refractivity contribution in [3.8, 4) is 0 Å². The second kappa shape index (κ2) is 6.20. The van der Waals surface area contributed by atoms with Gasteiger partial charge in [0.25, 0.3) is 0 Å². The van der Waals surface area contributed by atoms with Gasteiger partial charge in [-0.3, -0.25) is 4.79 Å². The Balaban J connectivity index is 4.35. The summed E-state index contributed by atoms with van der Waals surface area (Å²) in [6, 6.07) is 0. The Morgan fingerprint density at radius 3 is 2.19 bits per heavy atom. The summed E-state index contributed by atoms with van der Waals surface area (Å²) >= 11 is 0. The second-order valence-electron chi connectivity index (χ2n) is 4.52. The molecule has 1 atom stereocenters. The van der Waals surface area contributed by atoms with E-state index in [1.54, 1.807) is 0 Å². The van der Waals surface area contributed by atoms with Gasteiger partial charge in [0, 0.05) is 13.6 Å². The third-order valence-electron chi connectivity index (χ3n) is 2.38. The summed E-state index contributed by atoms with van der Waals surface area (Å²) < 4.78 is 24.6. The number of hydrogen-bond acceptors (Lipinski definition) is 3. The van der Waals surface area contributed by atoms with Crippen molar-refractivity contribution < 1.29 is 18.3 Å². The van der Waals surface area contributed by atoms with Gasteiger partial charge < -0.3 is 5.11 Å². The molecule has 0 aliphatic heterocycles. The molecule has 0 aromatic rings. The Bertz CT molecular complexity index is 324. The van der Waals surface area contributed by atoms with E-state index in [2.05, 4.69) is 0 Å². The number of carbonyl (C=O) groups is 1. The monoisotopic (exact) mass is 251 g/mol. The first-order valence-electron chi connectivity index (χ1n) is 5.33. The predicted octanol–water partition coefficient (Wildman–Crippen LogP) is 1.01. The normalized spacial score (nSPS) is 14.4. The van der Waals surface area contributed by atoms with E-state index in [0.717, 1.165) is 4.31 Å². The topological polar surface area (TPSA) is 74.7 Å². The number of carboxylic acid groups (broad SMARTS) is 1. The third-order valence-corrected chi connectivity index (χ3v) is 4.23. The first kappa shape index (κ1) is 15.4. The van der Waals surface area contributed by atoms with Gasteiger partial charge in [0.05, 0.1) is 11.7 Å². The lowest BCUT2D eigenvalue weighted by atomic mass is 10.2. The lowest BCUT2D eigenvalue weighted by Crippen LogP contribution is -2.35. The molecule has 0 aliphatic carbocycles. The highest BCUT2D eigenvalue weighted by molar-refractivity contribution is 7.89. The van der Waals surface area contributed by atoms with Crippen LogP contribution in [0.4, 0.5) is 0 Å². The maximum Gasteiger partial charge on any atom is 0.307 e. The zero-order chi connectivity index (χ0) is 12.9. The van der Waals surface area contributed by atoms with Gasteiger partial charge >= 0.3 is 5.97 Å². The van der Waals surface area contributed by atoms with Gasteiger partial charge in [-0.25, -0.2) is 12.7 Å². The Morgan fingerprint density at radius 2 is 1.81 bits per heavy atom. The van der Waals surface area contributed by atoms with Gasteiger partial charge in [0.1, 0.15) is 0 Å². The van der Waals surface area contributed by atoms with Crippen LogP contribution in [-0.4, -0.2) is 43.1 Å². The fourth-order valence-electron chi connectivity index (χ4n) is 1.12. The summed E-state index contributed by atoms with van der Waals surface area (Å²) in [6.45, 7) is 5.43. The molecule has 0 rings (SSSR count). The predicted molar refractivity (Wildman–Crippen MR) is 62.7 cm³/mol. The maximum absolute atomic E-state index is 11.7. The van der Waals surface area contributed by atoms with E-state index in [0.29, 0.717) is 12.3 Å². The van der Waals surface area contributed by atoms with Crippen molar-refractivity contribution in [2.24, 2.45) is 11.8 Å². The highest BCUT2D eigenvalue weighted by Crippen LogP contribution is 2.09. The van der Waals surface area contributed by atoms with Crippen LogP contribution in [0.1, 0.15) is 27.2 Å². The first-order valence-corrected chi connectivity index (χ1v) is 6.94. The highest BCUT2D eigenvalue weighted by atomic mass is 32.2. The molecule has 0 aromatic heterocycles. The van der Waals surface area contributed by atoms with E-state index in [-0.39, 0.29) is 12.3 Å². The Labute approximate surface area is 97.5 Å². The summed E-state index contributed by atoms with van der Waals surface area (Å²) in [5, 5.41) is 8.69. The lowest BCUT2D eigenvalue weighted by molar-refractivity contribution is -0.141. The number of carboxylic acids is 1. The van der Waals surface area contributed by atoms with Crippen LogP contribution in [0.15, 0.2) is 0 Å². The van der Waals surface area contributed by atoms with Crippen molar-refractivity contribution in [1.82, 2.24) is 4.31 Å². The molecule has 0 aliphatic rings. The summed E-state index contributed by atoms with van der Waals surface area (Å²) in [7, 11) is -1.89. The van der Waals surface area contributed by atoms with E-state index in [4.69, 9.17) is 5.11 Å². The highest BCUT2D eigenvalue weighted by Gasteiger charge is 2.22. The Kier molecular flexibility index (Phi) is 5.96. The fraction of sp³-hybridized carbons (Fsp3) is 0.900. The van der Waals surface area contributed by atoms with Gasteiger partial charge in [0.15, 0.2) is 0 Å². The Hall–Kier alpha value is -0.620. The summed E-state index contributed by atoms with van der Waals surface area (Å²) in [4.78, 5) is 10.6. The molecule has 0 fully saturated rings. The van der Waals surface area contributed by atoms with Crippen molar-refractivity contribution in [2.45, 2.75) is 27.2 Å². The van der Waals surface area contributed by atoms with Gasteiger partial charge in [-0.2, -0.15) is 0 Å². The quantitative estimate of drug-likeness (QED) is 0.733. The van der Waals surface area contributed by atoms with Crippen molar-refractivity contribution >= 4 is 16.0 Å². The zero-order valence-corrected chi connectivity index (χ0v) is 11.1. The summed E-state index contributed by atoms with van der Waals surface area (Å²) in [6.07, 6.45) is 0.591. The molecular formula is C10H21NO4S. The average molecular weight is 251 g/mol. The number of rotatable bonds is 7. The van der Waals surface area contributed by atoms with Crippen molar-refractivity contribution in [3.63, 3.8) is 0 Å². The summed E-state index contributed by atoms with van der Waals surface area (Å²) in [5.41, 5.74) is 0. The van der Waals surface area contributed by atoms with Crippen LogP contribution in [-0.2, 0) is 14.8 Å². The van der Waals surface area contributed by atoms with Crippen LogP contribution in [0.3, 0.4) is 0 Å². The van der Waals surface area contributed by atoms with Crippen LogP contribution < -0.4 is 0 Å². The average Bonchev–Trinajstić information content (AvgIpc) is 2.14. The molecule has 1 unspecified atom stereocenters. The molecule has 0 saturated carbocycles. The van der Waals surface area contributed by atoms with Crippen molar-refractivity contribution in [2.75, 3.05) is 19.3 Å². The molecular weight excluding hydrogens is 230 g/mol. The lowest BCUT2D eigenvalue weighted by Gasteiger charge is -2.19. The molecule has 0 saturated heterocycles. The van der Waals surface area contributed by atoms with Crippen molar-refractivity contribution in [1.29, 1.82) is 0 Å².